The van der Waals surface area contributed by atoms with E-state index in [-0.39, 0.29) is 0 Å². The number of anilines is 2. The zero-order valence-corrected chi connectivity index (χ0v) is 17.1. The molecule has 0 unspecified atom stereocenters. The summed E-state index contributed by atoms with van der Waals surface area (Å²) in [6.45, 7) is 7.14. The average Bonchev–Trinajstić information content (AvgIpc) is 3.05. The highest BCUT2D eigenvalue weighted by Crippen LogP contribution is 2.40. The summed E-state index contributed by atoms with van der Waals surface area (Å²) < 4.78 is 5.77. The van der Waals surface area contributed by atoms with Crippen molar-refractivity contribution < 1.29 is 4.74 Å². The van der Waals surface area contributed by atoms with Gasteiger partial charge in [-0.3, -0.25) is 0 Å². The number of rotatable bonds is 6. The molecule has 5 heteroatoms. The summed E-state index contributed by atoms with van der Waals surface area (Å²) >= 11 is 1.70. The first-order valence-corrected chi connectivity index (χ1v) is 10.2. The van der Waals surface area contributed by atoms with Crippen LogP contribution in [0, 0.1) is 12.8 Å². The van der Waals surface area contributed by atoms with Crippen molar-refractivity contribution in [1.82, 2.24) is 9.97 Å². The van der Waals surface area contributed by atoms with Gasteiger partial charge in [-0.05, 0) is 42.7 Å². The maximum absolute atomic E-state index is 5.77. The number of fused-ring (bicyclic) bond motifs is 1. The van der Waals surface area contributed by atoms with E-state index in [4.69, 9.17) is 4.74 Å². The minimum absolute atomic E-state index is 0.505. The first-order valence-electron chi connectivity index (χ1n) is 9.41. The number of aryl methyl sites for hydroxylation is 1. The van der Waals surface area contributed by atoms with Crippen molar-refractivity contribution in [3.8, 4) is 16.9 Å². The molecule has 0 saturated carbocycles. The molecule has 0 spiro atoms. The SMILES string of the molecule is Cc1sc2ncnc(Nc3ccc(OCC(C)C)cc3)c2c1-c1ccccc1. The van der Waals surface area contributed by atoms with Crippen molar-refractivity contribution in [2.24, 2.45) is 5.92 Å². The molecule has 2 heterocycles. The van der Waals surface area contributed by atoms with E-state index in [1.165, 1.54) is 16.0 Å². The number of thiophene rings is 1. The van der Waals surface area contributed by atoms with Crippen LogP contribution in [0.5, 0.6) is 5.75 Å². The Bertz CT molecular complexity index is 1070. The van der Waals surface area contributed by atoms with E-state index < -0.39 is 0 Å². The van der Waals surface area contributed by atoms with Crippen LogP contribution in [0.15, 0.2) is 60.9 Å². The molecule has 0 aliphatic carbocycles. The number of hydrogen-bond acceptors (Lipinski definition) is 5. The summed E-state index contributed by atoms with van der Waals surface area (Å²) in [7, 11) is 0. The number of ether oxygens (including phenoxy) is 1. The fourth-order valence-corrected chi connectivity index (χ4v) is 4.14. The molecular weight excluding hydrogens is 366 g/mol. The van der Waals surface area contributed by atoms with E-state index in [1.807, 2.05) is 30.3 Å². The van der Waals surface area contributed by atoms with Gasteiger partial charge in [-0.1, -0.05) is 44.2 Å². The van der Waals surface area contributed by atoms with E-state index in [0.29, 0.717) is 12.5 Å². The standard InChI is InChI=1S/C23H23N3OS/c1-15(2)13-27-19-11-9-18(10-12-19)26-22-21-20(17-7-5-4-6-8-17)16(3)28-23(21)25-14-24-22/h4-12,14-15H,13H2,1-3H3,(H,24,25,26). The van der Waals surface area contributed by atoms with E-state index in [9.17, 15) is 0 Å². The molecule has 0 bridgehead atoms. The third-order valence-electron chi connectivity index (χ3n) is 4.43. The van der Waals surface area contributed by atoms with Crippen LogP contribution in [0.2, 0.25) is 0 Å². The van der Waals surface area contributed by atoms with Gasteiger partial charge in [0.2, 0.25) is 0 Å². The van der Waals surface area contributed by atoms with Crippen molar-refractivity contribution in [2.45, 2.75) is 20.8 Å². The molecule has 2 aromatic carbocycles. The number of nitrogens with one attached hydrogen (secondary N) is 1. The molecule has 142 valence electrons. The van der Waals surface area contributed by atoms with Gasteiger partial charge in [-0.15, -0.1) is 11.3 Å². The van der Waals surface area contributed by atoms with Gasteiger partial charge in [0.25, 0.3) is 0 Å². The first kappa shape index (κ1) is 18.4. The van der Waals surface area contributed by atoms with E-state index in [1.54, 1.807) is 17.7 Å². The number of benzene rings is 2. The Morgan fingerprint density at radius 2 is 1.75 bits per heavy atom. The fourth-order valence-electron chi connectivity index (χ4n) is 3.13. The Balaban J connectivity index is 1.68. The molecule has 0 radical (unpaired) electrons. The molecule has 4 aromatic rings. The van der Waals surface area contributed by atoms with Crippen molar-refractivity contribution in [1.29, 1.82) is 0 Å². The monoisotopic (exact) mass is 389 g/mol. The molecular formula is C23H23N3OS. The second-order valence-corrected chi connectivity index (χ2v) is 8.36. The molecule has 0 aliphatic heterocycles. The van der Waals surface area contributed by atoms with Gasteiger partial charge in [-0.2, -0.15) is 0 Å². The molecule has 2 aromatic heterocycles. The zero-order valence-electron chi connectivity index (χ0n) is 16.3. The molecule has 0 amide bonds. The smallest absolute Gasteiger partial charge is 0.143 e. The second kappa shape index (κ2) is 7.98. The normalized spacial score (nSPS) is 11.1. The van der Waals surface area contributed by atoms with Gasteiger partial charge in [0.05, 0.1) is 12.0 Å². The van der Waals surface area contributed by atoms with Crippen LogP contribution in [0.4, 0.5) is 11.5 Å². The predicted octanol–water partition coefficient (Wildman–Crippen LogP) is 6.45. The van der Waals surface area contributed by atoms with Gasteiger partial charge < -0.3 is 10.1 Å². The zero-order chi connectivity index (χ0) is 19.5. The summed E-state index contributed by atoms with van der Waals surface area (Å²) in [6.07, 6.45) is 1.62. The summed E-state index contributed by atoms with van der Waals surface area (Å²) in [4.78, 5) is 11.3. The van der Waals surface area contributed by atoms with Crippen LogP contribution >= 0.6 is 11.3 Å². The van der Waals surface area contributed by atoms with Crippen molar-refractivity contribution in [2.75, 3.05) is 11.9 Å². The fraction of sp³-hybridized carbons (Fsp3) is 0.217. The number of aromatic nitrogens is 2. The Labute approximate surface area is 169 Å². The van der Waals surface area contributed by atoms with Crippen LogP contribution in [0.3, 0.4) is 0 Å². The Kier molecular flexibility index (Phi) is 5.26. The van der Waals surface area contributed by atoms with E-state index >= 15 is 0 Å². The highest BCUT2D eigenvalue weighted by atomic mass is 32.1. The molecule has 0 saturated heterocycles. The van der Waals surface area contributed by atoms with Gasteiger partial charge >= 0.3 is 0 Å². The topological polar surface area (TPSA) is 47.0 Å². The molecule has 0 atom stereocenters. The van der Waals surface area contributed by atoms with Crippen LogP contribution in [0.1, 0.15) is 18.7 Å². The van der Waals surface area contributed by atoms with E-state index in [2.05, 4.69) is 60.3 Å². The maximum atomic E-state index is 5.77. The maximum Gasteiger partial charge on any atom is 0.143 e. The lowest BCUT2D eigenvalue weighted by Gasteiger charge is -2.11. The van der Waals surface area contributed by atoms with Gasteiger partial charge in [0, 0.05) is 16.1 Å². The minimum Gasteiger partial charge on any atom is -0.493 e. The summed E-state index contributed by atoms with van der Waals surface area (Å²) in [5.74, 6) is 2.21. The summed E-state index contributed by atoms with van der Waals surface area (Å²) in [6, 6.07) is 18.4. The highest BCUT2D eigenvalue weighted by Gasteiger charge is 2.16. The molecule has 28 heavy (non-hydrogen) atoms. The summed E-state index contributed by atoms with van der Waals surface area (Å²) in [5, 5.41) is 4.53. The molecule has 0 aliphatic rings. The van der Waals surface area contributed by atoms with Crippen LogP contribution < -0.4 is 10.1 Å². The van der Waals surface area contributed by atoms with Gasteiger partial charge in [0.15, 0.2) is 0 Å². The predicted molar refractivity (Wildman–Crippen MR) is 118 cm³/mol. The summed E-state index contributed by atoms with van der Waals surface area (Å²) in [5.41, 5.74) is 3.35. The molecule has 1 N–H and O–H groups in total. The molecule has 4 nitrogen and oxygen atoms in total. The first-order chi connectivity index (χ1) is 13.6. The van der Waals surface area contributed by atoms with Crippen LogP contribution in [-0.4, -0.2) is 16.6 Å². The Hall–Kier alpha value is -2.92. The third-order valence-corrected chi connectivity index (χ3v) is 5.44. The lowest BCUT2D eigenvalue weighted by molar-refractivity contribution is 0.271. The van der Waals surface area contributed by atoms with Crippen LogP contribution in [0.25, 0.3) is 21.3 Å². The van der Waals surface area contributed by atoms with Crippen molar-refractivity contribution >= 4 is 33.1 Å². The second-order valence-electron chi connectivity index (χ2n) is 7.16. The quantitative estimate of drug-likeness (QED) is 0.412. The van der Waals surface area contributed by atoms with E-state index in [0.717, 1.165) is 27.5 Å². The van der Waals surface area contributed by atoms with Crippen LogP contribution in [-0.2, 0) is 0 Å². The largest absolute Gasteiger partial charge is 0.493 e. The van der Waals surface area contributed by atoms with Crippen molar-refractivity contribution in [3.05, 3.63) is 65.8 Å². The van der Waals surface area contributed by atoms with Gasteiger partial charge in [0.1, 0.15) is 22.7 Å². The molecule has 0 fully saturated rings. The molecule has 4 rings (SSSR count). The number of nitrogens with zero attached hydrogens (tertiary/aromatic N) is 2. The Morgan fingerprint density at radius 1 is 1.00 bits per heavy atom. The lowest BCUT2D eigenvalue weighted by atomic mass is 10.0. The highest BCUT2D eigenvalue weighted by molar-refractivity contribution is 7.19. The Morgan fingerprint density at radius 3 is 2.46 bits per heavy atom. The number of hydrogen-bond donors (Lipinski definition) is 1. The minimum atomic E-state index is 0.505. The van der Waals surface area contributed by atoms with Crippen molar-refractivity contribution in [3.63, 3.8) is 0 Å². The average molecular weight is 390 g/mol. The lowest BCUT2D eigenvalue weighted by Crippen LogP contribution is -2.04. The van der Waals surface area contributed by atoms with Gasteiger partial charge in [-0.25, -0.2) is 9.97 Å². The third kappa shape index (κ3) is 3.85.